The number of benzene rings is 2. The average Bonchev–Trinajstić information content (AvgIpc) is 2.72. The second-order valence-corrected chi connectivity index (χ2v) is 8.35. The van der Waals surface area contributed by atoms with Crippen LogP contribution in [-0.2, 0) is 16.4 Å². The highest BCUT2D eigenvalue weighted by molar-refractivity contribution is 7.89. The maximum Gasteiger partial charge on any atom is 0.257 e. The Morgan fingerprint density at radius 1 is 0.929 bits per heavy atom. The van der Waals surface area contributed by atoms with Gasteiger partial charge in [-0.2, -0.15) is 4.31 Å². The molecule has 1 aliphatic rings. The fourth-order valence-corrected chi connectivity index (χ4v) is 4.46. The molecule has 2 aromatic carbocycles. The molecule has 1 aliphatic heterocycles. The molecule has 0 N–H and O–H groups in total. The molecule has 0 spiro atoms. The van der Waals surface area contributed by atoms with E-state index < -0.39 is 38.9 Å². The third-order valence-corrected chi connectivity index (χ3v) is 6.67. The minimum absolute atomic E-state index is 0.0174. The Bertz CT molecular complexity index is 986. The van der Waals surface area contributed by atoms with Gasteiger partial charge < -0.3 is 4.90 Å². The monoisotopic (exact) mass is 412 g/mol. The summed E-state index contributed by atoms with van der Waals surface area (Å²) in [4.78, 5) is 13.8. The largest absolute Gasteiger partial charge is 0.336 e. The summed E-state index contributed by atoms with van der Waals surface area (Å²) in [6, 6.07) is 8.16. The molecule has 2 aromatic rings. The minimum Gasteiger partial charge on any atom is -0.336 e. The zero-order valence-electron chi connectivity index (χ0n) is 15.2. The van der Waals surface area contributed by atoms with E-state index in [1.807, 2.05) is 6.92 Å². The van der Waals surface area contributed by atoms with Crippen molar-refractivity contribution in [3.63, 3.8) is 0 Å². The van der Waals surface area contributed by atoms with Crippen molar-refractivity contribution in [1.82, 2.24) is 9.21 Å². The van der Waals surface area contributed by atoms with Gasteiger partial charge in [-0.15, -0.1) is 0 Å². The van der Waals surface area contributed by atoms with Crippen molar-refractivity contribution >= 4 is 15.9 Å². The smallest absolute Gasteiger partial charge is 0.257 e. The molecule has 1 fully saturated rings. The van der Waals surface area contributed by atoms with Crippen LogP contribution in [0.5, 0.6) is 0 Å². The highest BCUT2D eigenvalue weighted by atomic mass is 32.2. The number of carbonyl (C=O) groups is 1. The Morgan fingerprint density at radius 3 is 2.11 bits per heavy atom. The molecule has 0 atom stereocenters. The second kappa shape index (κ2) is 7.92. The van der Waals surface area contributed by atoms with Crippen LogP contribution in [0.25, 0.3) is 0 Å². The number of nitrogens with zero attached hydrogens (tertiary/aromatic N) is 2. The lowest BCUT2D eigenvalue weighted by atomic mass is 10.1. The van der Waals surface area contributed by atoms with Crippen molar-refractivity contribution in [3.8, 4) is 0 Å². The van der Waals surface area contributed by atoms with E-state index in [1.54, 1.807) is 24.3 Å². The van der Waals surface area contributed by atoms with E-state index in [-0.39, 0.29) is 31.1 Å². The normalized spacial score (nSPS) is 15.6. The predicted octanol–water partition coefficient (Wildman–Crippen LogP) is 2.81. The summed E-state index contributed by atoms with van der Waals surface area (Å²) >= 11 is 0. The van der Waals surface area contributed by atoms with Gasteiger partial charge in [0.05, 0.1) is 10.5 Å². The maximum atomic E-state index is 13.8. The van der Waals surface area contributed by atoms with Gasteiger partial charge in [0.2, 0.25) is 10.0 Å². The van der Waals surface area contributed by atoms with E-state index in [0.717, 1.165) is 18.1 Å². The molecule has 28 heavy (non-hydrogen) atoms. The lowest BCUT2D eigenvalue weighted by molar-refractivity contribution is 0.0691. The van der Waals surface area contributed by atoms with E-state index in [1.165, 1.54) is 9.21 Å². The number of amides is 1. The summed E-state index contributed by atoms with van der Waals surface area (Å²) in [6.07, 6.45) is 0.793. The highest BCUT2D eigenvalue weighted by Crippen LogP contribution is 2.21. The molecular weight excluding hydrogens is 393 g/mol. The quantitative estimate of drug-likeness (QED) is 0.726. The number of halogens is 3. The molecule has 5 nitrogen and oxygen atoms in total. The molecule has 1 saturated heterocycles. The third-order valence-electron chi connectivity index (χ3n) is 4.76. The van der Waals surface area contributed by atoms with Crippen molar-refractivity contribution in [2.24, 2.45) is 0 Å². The molecule has 150 valence electrons. The van der Waals surface area contributed by atoms with Crippen molar-refractivity contribution in [1.29, 1.82) is 0 Å². The molecule has 0 aromatic heterocycles. The molecular formula is C19H19F3N2O3S. The maximum absolute atomic E-state index is 13.8. The summed E-state index contributed by atoms with van der Waals surface area (Å²) in [5.74, 6) is -5.43. The summed E-state index contributed by atoms with van der Waals surface area (Å²) < 4.78 is 67.0. The van der Waals surface area contributed by atoms with Gasteiger partial charge in [0, 0.05) is 26.2 Å². The van der Waals surface area contributed by atoms with Crippen LogP contribution >= 0.6 is 0 Å². The van der Waals surface area contributed by atoms with Crippen molar-refractivity contribution in [2.75, 3.05) is 26.2 Å². The van der Waals surface area contributed by atoms with Gasteiger partial charge in [0.15, 0.2) is 17.5 Å². The molecule has 0 unspecified atom stereocenters. The van der Waals surface area contributed by atoms with E-state index in [2.05, 4.69) is 0 Å². The first kappa shape index (κ1) is 20.3. The number of sulfonamides is 1. The van der Waals surface area contributed by atoms with Gasteiger partial charge in [-0.25, -0.2) is 21.6 Å². The van der Waals surface area contributed by atoms with Crippen LogP contribution in [0.4, 0.5) is 13.2 Å². The minimum atomic E-state index is -3.71. The standard InChI is InChI=1S/C19H19F3N2O3S/c1-2-13-3-5-14(6-4-13)28(26,27)24-11-9-23(10-12-24)19(25)15-7-8-16(20)18(22)17(15)21/h3-8H,2,9-12H2,1H3. The molecule has 1 heterocycles. The van der Waals surface area contributed by atoms with Crippen molar-refractivity contribution in [3.05, 3.63) is 65.0 Å². The first-order valence-corrected chi connectivity index (χ1v) is 10.2. The van der Waals surface area contributed by atoms with Gasteiger partial charge in [0.25, 0.3) is 5.91 Å². The number of hydrogen-bond acceptors (Lipinski definition) is 3. The summed E-state index contributed by atoms with van der Waals surface area (Å²) in [7, 11) is -3.71. The first-order valence-electron chi connectivity index (χ1n) is 8.77. The van der Waals surface area contributed by atoms with Crippen LogP contribution < -0.4 is 0 Å². The SMILES string of the molecule is CCc1ccc(S(=O)(=O)N2CCN(C(=O)c3ccc(F)c(F)c3F)CC2)cc1. The van der Waals surface area contributed by atoms with E-state index in [0.29, 0.717) is 6.07 Å². The van der Waals surface area contributed by atoms with Crippen LogP contribution in [0, 0.1) is 17.5 Å². The van der Waals surface area contributed by atoms with Crippen LogP contribution in [0.1, 0.15) is 22.8 Å². The number of hydrogen-bond donors (Lipinski definition) is 0. The van der Waals surface area contributed by atoms with Gasteiger partial charge in [-0.05, 0) is 36.2 Å². The van der Waals surface area contributed by atoms with Crippen molar-refractivity contribution < 1.29 is 26.4 Å². The fraction of sp³-hybridized carbons (Fsp3) is 0.316. The zero-order chi connectivity index (χ0) is 20.5. The van der Waals surface area contributed by atoms with Gasteiger partial charge in [-0.1, -0.05) is 19.1 Å². The number of carbonyl (C=O) groups excluding carboxylic acids is 1. The van der Waals surface area contributed by atoms with E-state index >= 15 is 0 Å². The average molecular weight is 412 g/mol. The van der Waals surface area contributed by atoms with Crippen LogP contribution in [-0.4, -0.2) is 49.7 Å². The van der Waals surface area contributed by atoms with Gasteiger partial charge >= 0.3 is 0 Å². The molecule has 0 bridgehead atoms. The number of aryl methyl sites for hydroxylation is 1. The second-order valence-electron chi connectivity index (χ2n) is 6.42. The van der Waals surface area contributed by atoms with Crippen LogP contribution in [0.3, 0.4) is 0 Å². The predicted molar refractivity (Wildman–Crippen MR) is 96.8 cm³/mol. The topological polar surface area (TPSA) is 57.7 Å². The molecule has 0 aliphatic carbocycles. The summed E-state index contributed by atoms with van der Waals surface area (Å²) in [5, 5.41) is 0. The Kier molecular flexibility index (Phi) is 5.76. The summed E-state index contributed by atoms with van der Waals surface area (Å²) in [6.45, 7) is 2.05. The van der Waals surface area contributed by atoms with E-state index in [9.17, 15) is 26.4 Å². The van der Waals surface area contributed by atoms with Gasteiger partial charge in [0.1, 0.15) is 0 Å². The fourth-order valence-electron chi connectivity index (χ4n) is 3.04. The Labute approximate surface area is 161 Å². The van der Waals surface area contributed by atoms with Crippen LogP contribution in [0.15, 0.2) is 41.3 Å². The highest BCUT2D eigenvalue weighted by Gasteiger charge is 2.31. The Hall–Kier alpha value is -2.39. The van der Waals surface area contributed by atoms with Gasteiger partial charge in [-0.3, -0.25) is 4.79 Å². The van der Waals surface area contributed by atoms with E-state index in [4.69, 9.17) is 0 Å². The molecule has 3 rings (SSSR count). The molecule has 0 saturated carbocycles. The summed E-state index contributed by atoms with van der Waals surface area (Å²) in [5.41, 5.74) is 0.438. The molecule has 1 amide bonds. The first-order chi connectivity index (χ1) is 13.3. The zero-order valence-corrected chi connectivity index (χ0v) is 16.0. The van der Waals surface area contributed by atoms with Crippen LogP contribution in [0.2, 0.25) is 0 Å². The molecule has 9 heteroatoms. The lowest BCUT2D eigenvalue weighted by Gasteiger charge is -2.34. The lowest BCUT2D eigenvalue weighted by Crippen LogP contribution is -2.50. The Morgan fingerprint density at radius 2 is 1.54 bits per heavy atom. The number of rotatable bonds is 4. The molecule has 0 radical (unpaired) electrons. The van der Waals surface area contributed by atoms with Crippen molar-refractivity contribution in [2.45, 2.75) is 18.2 Å². The Balaban J connectivity index is 1.71. The third kappa shape index (κ3) is 3.77. The number of piperazine rings is 1.